The van der Waals surface area contributed by atoms with Crippen LogP contribution in [0.5, 0.6) is 0 Å². The maximum absolute atomic E-state index is 13.9. The fourth-order valence-corrected chi connectivity index (χ4v) is 8.67. The van der Waals surface area contributed by atoms with Crippen LogP contribution in [-0.4, -0.2) is 64.8 Å². The van der Waals surface area contributed by atoms with Gasteiger partial charge in [0, 0.05) is 12.2 Å². The van der Waals surface area contributed by atoms with Gasteiger partial charge < -0.3 is 13.9 Å². The Morgan fingerprint density at radius 1 is 0.840 bits per heavy atom. The molecule has 0 bridgehead atoms. The smallest absolute Gasteiger partial charge is 0.317 e. The van der Waals surface area contributed by atoms with Gasteiger partial charge in [-0.1, -0.05) is 95.6 Å². The first-order valence-electron chi connectivity index (χ1n) is 17.8. The summed E-state index contributed by atoms with van der Waals surface area (Å²) >= 11 is 0. The van der Waals surface area contributed by atoms with Crippen molar-refractivity contribution in [3.63, 3.8) is 0 Å². The van der Waals surface area contributed by atoms with Crippen LogP contribution in [0.25, 0.3) is 0 Å². The summed E-state index contributed by atoms with van der Waals surface area (Å²) in [5, 5.41) is -0.00146. The summed E-state index contributed by atoms with van der Waals surface area (Å²) in [5.74, 6) is -2.36. The minimum atomic E-state index is -3.38. The van der Waals surface area contributed by atoms with Gasteiger partial charge in [0.15, 0.2) is 23.9 Å². The molecule has 10 heteroatoms. The lowest BCUT2D eigenvalue weighted by Crippen LogP contribution is -2.42. The monoisotopic (exact) mass is 730 g/mol. The van der Waals surface area contributed by atoms with E-state index in [1.807, 2.05) is 71.9 Å². The van der Waals surface area contributed by atoms with Crippen LogP contribution in [0.3, 0.4) is 0 Å². The summed E-state index contributed by atoms with van der Waals surface area (Å²) in [6, 6.07) is 16.1. The van der Waals surface area contributed by atoms with Crippen molar-refractivity contribution in [2.75, 3.05) is 24.7 Å². The van der Waals surface area contributed by atoms with Crippen LogP contribution < -0.4 is 0 Å². The Kier molecular flexibility index (Phi) is 14.8. The van der Waals surface area contributed by atoms with Gasteiger partial charge in [-0.3, -0.25) is 14.4 Å². The number of ketones is 1. The molecule has 50 heavy (non-hydrogen) atoms. The van der Waals surface area contributed by atoms with E-state index in [4.69, 9.17) is 13.9 Å². The van der Waals surface area contributed by atoms with Gasteiger partial charge >= 0.3 is 11.9 Å². The lowest BCUT2D eigenvalue weighted by molar-refractivity contribution is -0.162. The van der Waals surface area contributed by atoms with Crippen LogP contribution >= 0.6 is 0 Å². The van der Waals surface area contributed by atoms with E-state index in [-0.39, 0.29) is 42.0 Å². The minimum absolute atomic E-state index is 0.00146. The summed E-state index contributed by atoms with van der Waals surface area (Å²) in [7, 11) is -5.44. The van der Waals surface area contributed by atoms with Crippen LogP contribution in [0.4, 0.5) is 0 Å². The van der Waals surface area contributed by atoms with Crippen molar-refractivity contribution >= 4 is 35.9 Å². The number of rotatable bonds is 18. The Balaban J connectivity index is 2.30. The van der Waals surface area contributed by atoms with Crippen LogP contribution in [0.2, 0.25) is 18.1 Å². The minimum Gasteiger partial charge on any atom is -0.465 e. The molecule has 8 nitrogen and oxygen atoms in total. The summed E-state index contributed by atoms with van der Waals surface area (Å²) in [4.78, 5) is 40.4. The molecule has 0 spiro atoms. The average Bonchev–Trinajstić information content (AvgIpc) is 2.97. The molecule has 2 unspecified atom stereocenters. The molecule has 0 fully saturated rings. The SMILES string of the molecule is CCOC(=O)C(Cc1cccc(C(C)(CCCC(C)(C)CS(=O)(=O)CCO[Si](C)(C)C(C)(C)C)C(=O)OC(C)(C)C)c1)C(=O)c1ccccc1. The molecule has 280 valence electrons. The number of sulfone groups is 1. The summed E-state index contributed by atoms with van der Waals surface area (Å²) in [6.45, 7) is 23.9. The zero-order valence-corrected chi connectivity index (χ0v) is 34.4. The molecule has 0 saturated heterocycles. The first-order valence-corrected chi connectivity index (χ1v) is 22.5. The zero-order chi connectivity index (χ0) is 38.2. The number of esters is 2. The van der Waals surface area contributed by atoms with E-state index in [1.54, 1.807) is 31.2 Å². The third-order valence-electron chi connectivity index (χ3n) is 9.60. The van der Waals surface area contributed by atoms with Gasteiger partial charge in [0.25, 0.3) is 0 Å². The van der Waals surface area contributed by atoms with Crippen molar-refractivity contribution in [2.24, 2.45) is 11.3 Å². The highest BCUT2D eigenvalue weighted by Crippen LogP contribution is 2.38. The van der Waals surface area contributed by atoms with Gasteiger partial charge in [0.05, 0.1) is 23.5 Å². The topological polar surface area (TPSA) is 113 Å². The Bertz CT molecular complexity index is 1550. The van der Waals surface area contributed by atoms with E-state index < -0.39 is 52.4 Å². The number of hydrogen-bond acceptors (Lipinski definition) is 8. The maximum Gasteiger partial charge on any atom is 0.317 e. The zero-order valence-electron chi connectivity index (χ0n) is 32.6. The van der Waals surface area contributed by atoms with Crippen molar-refractivity contribution in [2.45, 2.75) is 124 Å². The highest BCUT2D eigenvalue weighted by molar-refractivity contribution is 7.91. The molecule has 0 radical (unpaired) electrons. The van der Waals surface area contributed by atoms with Crippen LogP contribution in [0.15, 0.2) is 54.6 Å². The third kappa shape index (κ3) is 13.1. The number of benzene rings is 2. The molecule has 0 aliphatic rings. The van der Waals surface area contributed by atoms with E-state index >= 15 is 0 Å². The van der Waals surface area contributed by atoms with Crippen molar-refractivity contribution < 1.29 is 36.7 Å². The van der Waals surface area contributed by atoms with Crippen molar-refractivity contribution in [1.29, 1.82) is 0 Å². The van der Waals surface area contributed by atoms with E-state index in [0.717, 1.165) is 0 Å². The van der Waals surface area contributed by atoms with Gasteiger partial charge in [-0.05, 0) is 88.6 Å². The Morgan fingerprint density at radius 2 is 1.46 bits per heavy atom. The summed E-state index contributed by atoms with van der Waals surface area (Å²) < 4.78 is 43.7. The van der Waals surface area contributed by atoms with E-state index in [9.17, 15) is 22.8 Å². The molecule has 0 aromatic heterocycles. The Morgan fingerprint density at radius 3 is 2.02 bits per heavy atom. The molecule has 2 rings (SSSR count). The van der Waals surface area contributed by atoms with E-state index in [2.05, 4.69) is 33.9 Å². The fourth-order valence-electron chi connectivity index (χ4n) is 5.66. The molecule has 0 heterocycles. The molecule has 2 aromatic carbocycles. The molecule has 0 aliphatic heterocycles. The highest BCUT2D eigenvalue weighted by Gasteiger charge is 2.40. The first kappa shape index (κ1) is 43.3. The van der Waals surface area contributed by atoms with Crippen LogP contribution in [0.1, 0.15) is 110 Å². The van der Waals surface area contributed by atoms with Crippen LogP contribution in [0, 0.1) is 11.3 Å². The molecular weight excluding hydrogens is 669 g/mol. The molecule has 0 N–H and O–H groups in total. The van der Waals surface area contributed by atoms with Crippen molar-refractivity contribution in [3.8, 4) is 0 Å². The normalized spacial score (nSPS) is 14.8. The van der Waals surface area contributed by atoms with Crippen LogP contribution in [-0.2, 0) is 45.2 Å². The average molecular weight is 731 g/mol. The van der Waals surface area contributed by atoms with Crippen molar-refractivity contribution in [1.82, 2.24) is 0 Å². The number of carbonyl (C=O) groups is 3. The molecule has 2 atom stereocenters. The Hall–Kier alpha value is -2.82. The predicted octanol–water partition coefficient (Wildman–Crippen LogP) is 8.52. The second-order valence-corrected chi connectivity index (χ2v) is 24.0. The Labute approximate surface area is 303 Å². The quantitative estimate of drug-likeness (QED) is 0.0650. The fraction of sp³-hybridized carbons (Fsp3) is 0.625. The van der Waals surface area contributed by atoms with E-state index in [0.29, 0.717) is 36.0 Å². The summed E-state index contributed by atoms with van der Waals surface area (Å²) in [6.07, 6.45) is 1.66. The van der Waals surface area contributed by atoms with Crippen molar-refractivity contribution in [3.05, 3.63) is 71.3 Å². The number of ether oxygens (including phenoxy) is 2. The number of carbonyl (C=O) groups excluding carboxylic acids is 3. The molecule has 0 amide bonds. The molecule has 0 aliphatic carbocycles. The molecule has 2 aromatic rings. The summed E-state index contributed by atoms with van der Waals surface area (Å²) in [5.41, 5.74) is -0.492. The second kappa shape index (κ2) is 17.1. The number of hydrogen-bond donors (Lipinski definition) is 0. The largest absolute Gasteiger partial charge is 0.465 e. The third-order valence-corrected chi connectivity index (χ3v) is 16.2. The van der Waals surface area contributed by atoms with Gasteiger partial charge in [0.2, 0.25) is 0 Å². The van der Waals surface area contributed by atoms with Gasteiger partial charge in [0.1, 0.15) is 11.5 Å². The number of Topliss-reactive ketones (excluding diaryl/α,β-unsaturated/α-hetero) is 1. The lowest BCUT2D eigenvalue weighted by Gasteiger charge is -2.36. The lowest BCUT2D eigenvalue weighted by atomic mass is 9.75. The van der Waals surface area contributed by atoms with E-state index in [1.165, 1.54) is 0 Å². The second-order valence-electron chi connectivity index (χ2n) is 17.0. The van der Waals surface area contributed by atoms with Gasteiger partial charge in [-0.2, -0.15) is 0 Å². The standard InChI is InChI=1S/C40H62O8SSi/c1-13-46-35(42)33(34(41)31-20-15-14-16-21-31)28-30-19-17-22-32(27-30)40(10,36(43)48-37(2,3)4)24-18-23-39(8,9)29-49(44,45)26-25-47-50(11,12)38(5,6)7/h14-17,19-22,27,33H,13,18,23-26,28-29H2,1-12H3. The van der Waals surface area contributed by atoms with Gasteiger partial charge in [-0.25, -0.2) is 8.42 Å². The van der Waals surface area contributed by atoms with Gasteiger partial charge in [-0.15, -0.1) is 0 Å². The first-order chi connectivity index (χ1) is 22.8. The maximum atomic E-state index is 13.9. The molecular formula is C40H62O8SSi. The predicted molar refractivity (Wildman–Crippen MR) is 204 cm³/mol. The molecule has 0 saturated carbocycles. The highest BCUT2D eigenvalue weighted by atomic mass is 32.2.